The first kappa shape index (κ1) is 18.4. The van der Waals surface area contributed by atoms with Gasteiger partial charge in [-0.15, -0.1) is 0 Å². The second-order valence-corrected chi connectivity index (χ2v) is 7.55. The average molecular weight is 399 g/mol. The number of likely N-dealkylation sites (tertiary alicyclic amines) is 1. The molecule has 0 unspecified atom stereocenters. The van der Waals surface area contributed by atoms with Crippen LogP contribution in [0.4, 0.5) is 0 Å². The maximum absolute atomic E-state index is 13.1. The quantitative estimate of drug-likeness (QED) is 0.732. The van der Waals surface area contributed by atoms with Crippen molar-refractivity contribution in [3.05, 3.63) is 58.4 Å². The predicted molar refractivity (Wildman–Crippen MR) is 104 cm³/mol. The number of hydrogen-bond donors (Lipinski definition) is 1. The van der Waals surface area contributed by atoms with Crippen LogP contribution >= 0.6 is 11.6 Å². The normalized spacial score (nSPS) is 19.3. The topological polar surface area (TPSA) is 88.3 Å². The van der Waals surface area contributed by atoms with Gasteiger partial charge in [0, 0.05) is 42.7 Å². The number of carbonyl (C=O) groups excluding carboxylic acids is 1. The SMILES string of the molecule is Cc1nn(C)c2ncc(C(=O)N3C[C@@H](C(=O)O)[C@H](c4ccc(Cl)cc4)C3)cc12. The maximum atomic E-state index is 13.1. The molecule has 2 aromatic heterocycles. The molecule has 3 heterocycles. The number of benzene rings is 1. The van der Waals surface area contributed by atoms with Gasteiger partial charge in [-0.1, -0.05) is 23.7 Å². The second-order valence-electron chi connectivity index (χ2n) is 7.12. The number of aromatic nitrogens is 3. The number of rotatable bonds is 3. The van der Waals surface area contributed by atoms with Crippen LogP contribution in [0, 0.1) is 12.8 Å². The third-order valence-electron chi connectivity index (χ3n) is 5.33. The van der Waals surface area contributed by atoms with E-state index >= 15 is 0 Å². The molecule has 3 aromatic rings. The van der Waals surface area contributed by atoms with Gasteiger partial charge in [-0.2, -0.15) is 5.10 Å². The summed E-state index contributed by atoms with van der Waals surface area (Å²) >= 11 is 5.94. The van der Waals surface area contributed by atoms with Crippen molar-refractivity contribution < 1.29 is 14.7 Å². The Morgan fingerprint density at radius 1 is 1.21 bits per heavy atom. The number of carbonyl (C=O) groups is 2. The smallest absolute Gasteiger partial charge is 0.308 e. The van der Waals surface area contributed by atoms with Crippen LogP contribution in [0.2, 0.25) is 5.02 Å². The van der Waals surface area contributed by atoms with Gasteiger partial charge in [-0.05, 0) is 30.7 Å². The molecule has 0 spiro atoms. The zero-order chi connectivity index (χ0) is 20.0. The third kappa shape index (κ3) is 3.11. The van der Waals surface area contributed by atoms with E-state index in [0.717, 1.165) is 16.6 Å². The van der Waals surface area contributed by atoms with Crippen LogP contribution in [0.5, 0.6) is 0 Å². The van der Waals surface area contributed by atoms with Gasteiger partial charge in [-0.25, -0.2) is 4.98 Å². The van der Waals surface area contributed by atoms with Crippen LogP contribution < -0.4 is 0 Å². The molecule has 0 saturated carbocycles. The fourth-order valence-corrected chi connectivity index (χ4v) is 4.00. The molecule has 1 aromatic carbocycles. The zero-order valence-corrected chi connectivity index (χ0v) is 16.2. The van der Waals surface area contributed by atoms with E-state index in [1.807, 2.05) is 19.1 Å². The highest BCUT2D eigenvalue weighted by molar-refractivity contribution is 6.30. The highest BCUT2D eigenvalue weighted by Gasteiger charge is 2.40. The summed E-state index contributed by atoms with van der Waals surface area (Å²) in [5.41, 5.74) is 2.80. The maximum Gasteiger partial charge on any atom is 0.308 e. The minimum absolute atomic E-state index is 0.158. The van der Waals surface area contributed by atoms with Crippen LogP contribution in [-0.4, -0.2) is 49.7 Å². The van der Waals surface area contributed by atoms with Crippen molar-refractivity contribution in [1.29, 1.82) is 0 Å². The third-order valence-corrected chi connectivity index (χ3v) is 5.58. The molecule has 0 radical (unpaired) electrons. The fraction of sp³-hybridized carbons (Fsp3) is 0.300. The average Bonchev–Trinajstić information content (AvgIpc) is 3.24. The van der Waals surface area contributed by atoms with Crippen molar-refractivity contribution in [3.8, 4) is 0 Å². The largest absolute Gasteiger partial charge is 0.481 e. The molecule has 28 heavy (non-hydrogen) atoms. The van der Waals surface area contributed by atoms with Gasteiger partial charge in [-0.3, -0.25) is 14.3 Å². The van der Waals surface area contributed by atoms with E-state index in [2.05, 4.69) is 10.1 Å². The number of amides is 1. The van der Waals surface area contributed by atoms with Crippen molar-refractivity contribution >= 4 is 34.5 Å². The van der Waals surface area contributed by atoms with Crippen molar-refractivity contribution in [2.24, 2.45) is 13.0 Å². The Bertz CT molecular complexity index is 1080. The first-order chi connectivity index (χ1) is 13.3. The number of nitrogens with zero attached hydrogens (tertiary/aromatic N) is 4. The van der Waals surface area contributed by atoms with E-state index < -0.39 is 11.9 Å². The molecular weight excluding hydrogens is 380 g/mol. The molecule has 8 heteroatoms. The molecular formula is C20H19ClN4O3. The molecule has 0 bridgehead atoms. The summed E-state index contributed by atoms with van der Waals surface area (Å²) in [6, 6.07) is 8.90. The Hall–Kier alpha value is -2.93. The lowest BCUT2D eigenvalue weighted by molar-refractivity contribution is -0.141. The number of carboxylic acids is 1. The lowest BCUT2D eigenvalue weighted by atomic mass is 9.89. The molecule has 2 atom stereocenters. The number of hydrogen-bond acceptors (Lipinski definition) is 4. The Morgan fingerprint density at radius 3 is 2.61 bits per heavy atom. The summed E-state index contributed by atoms with van der Waals surface area (Å²) in [5, 5.41) is 15.4. The lowest BCUT2D eigenvalue weighted by Crippen LogP contribution is -2.30. The van der Waals surface area contributed by atoms with Crippen molar-refractivity contribution in [3.63, 3.8) is 0 Å². The number of fused-ring (bicyclic) bond motifs is 1. The van der Waals surface area contributed by atoms with Gasteiger partial charge in [0.2, 0.25) is 0 Å². The van der Waals surface area contributed by atoms with Gasteiger partial charge in [0.15, 0.2) is 5.65 Å². The van der Waals surface area contributed by atoms with Crippen LogP contribution in [0.15, 0.2) is 36.5 Å². The zero-order valence-electron chi connectivity index (χ0n) is 15.5. The number of carboxylic acid groups (broad SMARTS) is 1. The van der Waals surface area contributed by atoms with Gasteiger partial charge in [0.05, 0.1) is 17.2 Å². The Labute approximate surface area is 166 Å². The van der Waals surface area contributed by atoms with Gasteiger partial charge in [0.1, 0.15) is 0 Å². The molecule has 7 nitrogen and oxygen atoms in total. The minimum Gasteiger partial charge on any atom is -0.481 e. The van der Waals surface area contributed by atoms with Crippen molar-refractivity contribution in [2.45, 2.75) is 12.8 Å². The minimum atomic E-state index is -0.910. The number of halogens is 1. The molecule has 144 valence electrons. The fourth-order valence-electron chi connectivity index (χ4n) is 3.88. The summed E-state index contributed by atoms with van der Waals surface area (Å²) in [7, 11) is 1.80. The van der Waals surface area contributed by atoms with E-state index in [4.69, 9.17) is 11.6 Å². The van der Waals surface area contributed by atoms with E-state index in [9.17, 15) is 14.7 Å². The first-order valence-corrected chi connectivity index (χ1v) is 9.30. The second kappa shape index (κ2) is 6.91. The highest BCUT2D eigenvalue weighted by atomic mass is 35.5. The molecule has 0 aliphatic carbocycles. The van der Waals surface area contributed by atoms with E-state index in [1.165, 1.54) is 6.20 Å². The van der Waals surface area contributed by atoms with Crippen molar-refractivity contribution in [2.75, 3.05) is 13.1 Å². The van der Waals surface area contributed by atoms with Gasteiger partial charge in [0.25, 0.3) is 5.91 Å². The molecule has 4 rings (SSSR count). The van der Waals surface area contributed by atoms with E-state index in [1.54, 1.807) is 34.8 Å². The predicted octanol–water partition coefficient (Wildman–Crippen LogP) is 2.87. The standard InChI is InChI=1S/C20H19ClN4O3/c1-11-15-7-13(8-22-18(15)24(2)23-11)19(26)25-9-16(17(10-25)20(27)28)12-3-5-14(21)6-4-12/h3-8,16-17H,9-10H2,1-2H3,(H,27,28)/t16-,17+/m0/s1. The number of aliphatic carboxylic acids is 1. The van der Waals surface area contributed by atoms with Gasteiger partial charge < -0.3 is 10.0 Å². The molecule has 1 aliphatic heterocycles. The van der Waals surface area contributed by atoms with Crippen molar-refractivity contribution in [1.82, 2.24) is 19.7 Å². The lowest BCUT2D eigenvalue weighted by Gasteiger charge is -2.16. The molecule has 1 fully saturated rings. The Balaban J connectivity index is 1.63. The number of pyridine rings is 1. The molecule has 1 saturated heterocycles. The Morgan fingerprint density at radius 2 is 1.93 bits per heavy atom. The van der Waals surface area contributed by atoms with E-state index in [0.29, 0.717) is 22.8 Å². The van der Waals surface area contributed by atoms with E-state index in [-0.39, 0.29) is 18.4 Å². The van der Waals surface area contributed by atoms with Crippen LogP contribution in [-0.2, 0) is 11.8 Å². The molecule has 1 N–H and O–H groups in total. The molecule has 1 amide bonds. The molecule has 1 aliphatic rings. The summed E-state index contributed by atoms with van der Waals surface area (Å²) in [4.78, 5) is 30.8. The highest BCUT2D eigenvalue weighted by Crippen LogP contribution is 2.34. The summed E-state index contributed by atoms with van der Waals surface area (Å²) in [5.74, 6) is -2.08. The Kier molecular flexibility index (Phi) is 4.55. The monoisotopic (exact) mass is 398 g/mol. The number of aryl methyl sites for hydroxylation is 2. The van der Waals surface area contributed by atoms with Crippen LogP contribution in [0.3, 0.4) is 0 Å². The van der Waals surface area contributed by atoms with Crippen LogP contribution in [0.25, 0.3) is 11.0 Å². The van der Waals surface area contributed by atoms with Gasteiger partial charge >= 0.3 is 5.97 Å². The van der Waals surface area contributed by atoms with Crippen LogP contribution in [0.1, 0.15) is 27.5 Å². The summed E-state index contributed by atoms with van der Waals surface area (Å²) in [6.07, 6.45) is 1.52. The first-order valence-electron chi connectivity index (χ1n) is 8.92. The summed E-state index contributed by atoms with van der Waals surface area (Å²) in [6.45, 7) is 2.36. The summed E-state index contributed by atoms with van der Waals surface area (Å²) < 4.78 is 1.67.